The van der Waals surface area contributed by atoms with Crippen LogP contribution >= 0.6 is 11.8 Å². The lowest BCUT2D eigenvalue weighted by molar-refractivity contribution is -0.117. The van der Waals surface area contributed by atoms with Gasteiger partial charge in [0, 0.05) is 23.2 Å². The first-order valence-electron chi connectivity index (χ1n) is 7.59. The second-order valence-corrected chi connectivity index (χ2v) is 6.57. The second kappa shape index (κ2) is 6.54. The lowest BCUT2D eigenvalue weighted by Gasteiger charge is -2.17. The molecule has 0 aromatic carbocycles. The highest BCUT2D eigenvalue weighted by Gasteiger charge is 2.32. The van der Waals surface area contributed by atoms with Crippen molar-refractivity contribution in [1.29, 1.82) is 0 Å². The van der Waals surface area contributed by atoms with Crippen LogP contribution in [0.3, 0.4) is 0 Å². The van der Waals surface area contributed by atoms with Gasteiger partial charge in [0.2, 0.25) is 5.91 Å². The molecule has 0 unspecified atom stereocenters. The summed E-state index contributed by atoms with van der Waals surface area (Å²) >= 11 is 1.56. The number of hydrogen-bond donors (Lipinski definition) is 1. The van der Waals surface area contributed by atoms with E-state index in [1.54, 1.807) is 22.9 Å². The van der Waals surface area contributed by atoms with Gasteiger partial charge in [-0.25, -0.2) is 9.97 Å². The van der Waals surface area contributed by atoms with Crippen molar-refractivity contribution < 1.29 is 4.79 Å². The third-order valence-electron chi connectivity index (χ3n) is 3.62. The Balaban J connectivity index is 1.92. The number of fused-ring (bicyclic) bond motifs is 1. The monoisotopic (exact) mass is 329 g/mol. The van der Waals surface area contributed by atoms with Crippen molar-refractivity contribution in [2.45, 2.75) is 38.4 Å². The van der Waals surface area contributed by atoms with Crippen LogP contribution in [-0.4, -0.2) is 26.6 Å². The SMILES string of the molecule is CCCSc1nc(N)c2c(n1)N(Cc1ccnc(C)c1)C(=O)C2. The number of nitrogens with two attached hydrogens (primary N) is 1. The standard InChI is InChI=1S/C16H19N5OS/c1-3-6-23-16-19-14(17)12-8-13(22)21(15(12)20-16)9-11-4-5-18-10(2)7-11/h4-5,7H,3,6,8-9H2,1-2H3,(H2,17,19,20). The van der Waals surface area contributed by atoms with E-state index in [9.17, 15) is 4.79 Å². The summed E-state index contributed by atoms with van der Waals surface area (Å²) in [6, 6.07) is 3.89. The summed E-state index contributed by atoms with van der Waals surface area (Å²) < 4.78 is 0. The third-order valence-corrected chi connectivity index (χ3v) is 4.67. The predicted octanol–water partition coefficient (Wildman–Crippen LogP) is 2.35. The average molecular weight is 329 g/mol. The Labute approximate surface area is 139 Å². The Bertz CT molecular complexity index is 749. The predicted molar refractivity (Wildman–Crippen MR) is 91.3 cm³/mol. The Morgan fingerprint density at radius 3 is 2.96 bits per heavy atom. The van der Waals surface area contributed by atoms with Crippen LogP contribution < -0.4 is 10.6 Å². The molecule has 6 nitrogen and oxygen atoms in total. The van der Waals surface area contributed by atoms with Crippen LogP contribution in [0.2, 0.25) is 0 Å². The van der Waals surface area contributed by atoms with E-state index in [0.717, 1.165) is 29.0 Å². The first-order chi connectivity index (χ1) is 11.1. The van der Waals surface area contributed by atoms with Crippen molar-refractivity contribution in [1.82, 2.24) is 15.0 Å². The van der Waals surface area contributed by atoms with Crippen molar-refractivity contribution in [3.8, 4) is 0 Å². The number of pyridine rings is 1. The van der Waals surface area contributed by atoms with Crippen molar-refractivity contribution in [3.05, 3.63) is 35.2 Å². The maximum absolute atomic E-state index is 12.4. The number of anilines is 2. The normalized spacial score (nSPS) is 13.5. The zero-order valence-corrected chi connectivity index (χ0v) is 14.1. The maximum atomic E-state index is 12.4. The van der Waals surface area contributed by atoms with Crippen molar-refractivity contribution in [2.24, 2.45) is 0 Å². The topological polar surface area (TPSA) is 85.0 Å². The molecule has 0 aliphatic carbocycles. The molecule has 120 valence electrons. The molecule has 0 atom stereocenters. The molecule has 3 heterocycles. The van der Waals surface area contributed by atoms with Gasteiger partial charge in [-0.15, -0.1) is 0 Å². The van der Waals surface area contributed by atoms with Gasteiger partial charge in [0.25, 0.3) is 0 Å². The number of nitrogens with zero attached hydrogens (tertiary/aromatic N) is 4. The van der Waals surface area contributed by atoms with E-state index in [1.807, 2.05) is 19.1 Å². The van der Waals surface area contributed by atoms with Crippen LogP contribution in [-0.2, 0) is 17.8 Å². The number of nitrogen functional groups attached to an aromatic ring is 1. The van der Waals surface area contributed by atoms with Crippen LogP contribution in [0.15, 0.2) is 23.5 Å². The highest BCUT2D eigenvalue weighted by molar-refractivity contribution is 7.99. The van der Waals surface area contributed by atoms with E-state index >= 15 is 0 Å². The molecule has 0 saturated heterocycles. The van der Waals surface area contributed by atoms with Gasteiger partial charge in [-0.2, -0.15) is 0 Å². The number of carbonyl (C=O) groups excluding carboxylic acids is 1. The molecule has 0 saturated carbocycles. The van der Waals surface area contributed by atoms with E-state index in [0.29, 0.717) is 23.3 Å². The fraction of sp³-hybridized carbons (Fsp3) is 0.375. The van der Waals surface area contributed by atoms with Crippen LogP contribution in [0.5, 0.6) is 0 Å². The first-order valence-corrected chi connectivity index (χ1v) is 8.58. The summed E-state index contributed by atoms with van der Waals surface area (Å²) in [5, 5.41) is 0.633. The number of aromatic nitrogens is 3. The fourth-order valence-corrected chi connectivity index (χ4v) is 3.23. The average Bonchev–Trinajstić information content (AvgIpc) is 2.83. The molecular formula is C16H19N5OS. The van der Waals surface area contributed by atoms with Crippen LogP contribution in [0.1, 0.15) is 30.2 Å². The van der Waals surface area contributed by atoms with Gasteiger partial charge in [-0.1, -0.05) is 18.7 Å². The minimum absolute atomic E-state index is 0.00751. The molecule has 1 aliphatic heterocycles. The molecule has 1 aliphatic rings. The van der Waals surface area contributed by atoms with Gasteiger partial charge in [0.05, 0.1) is 13.0 Å². The van der Waals surface area contributed by atoms with E-state index in [1.165, 1.54) is 0 Å². The Kier molecular flexibility index (Phi) is 4.47. The first kappa shape index (κ1) is 15.7. The summed E-state index contributed by atoms with van der Waals surface area (Å²) in [4.78, 5) is 27.1. The fourth-order valence-electron chi connectivity index (χ4n) is 2.53. The van der Waals surface area contributed by atoms with Gasteiger partial charge >= 0.3 is 0 Å². The molecule has 1 amide bonds. The summed E-state index contributed by atoms with van der Waals surface area (Å²) in [6.07, 6.45) is 3.05. The largest absolute Gasteiger partial charge is 0.383 e. The quantitative estimate of drug-likeness (QED) is 0.669. The lowest BCUT2D eigenvalue weighted by Crippen LogP contribution is -2.26. The third kappa shape index (κ3) is 3.29. The minimum Gasteiger partial charge on any atom is -0.383 e. The van der Waals surface area contributed by atoms with E-state index in [4.69, 9.17) is 5.73 Å². The molecule has 3 rings (SSSR count). The van der Waals surface area contributed by atoms with E-state index < -0.39 is 0 Å². The van der Waals surface area contributed by atoms with Crippen LogP contribution in [0.25, 0.3) is 0 Å². The number of amides is 1. The summed E-state index contributed by atoms with van der Waals surface area (Å²) in [7, 11) is 0. The summed E-state index contributed by atoms with van der Waals surface area (Å²) in [6.45, 7) is 4.51. The number of carbonyl (C=O) groups is 1. The highest BCUT2D eigenvalue weighted by atomic mass is 32.2. The number of hydrogen-bond acceptors (Lipinski definition) is 6. The zero-order chi connectivity index (χ0) is 16.4. The second-order valence-electron chi connectivity index (χ2n) is 5.50. The van der Waals surface area contributed by atoms with Crippen LogP contribution in [0.4, 0.5) is 11.6 Å². The summed E-state index contributed by atoms with van der Waals surface area (Å²) in [5.41, 5.74) is 8.72. The molecule has 2 aromatic rings. The smallest absolute Gasteiger partial charge is 0.233 e. The molecule has 2 aromatic heterocycles. The summed E-state index contributed by atoms with van der Waals surface area (Å²) in [5.74, 6) is 1.99. The van der Waals surface area contributed by atoms with E-state index in [-0.39, 0.29) is 12.3 Å². The molecule has 7 heteroatoms. The number of thioether (sulfide) groups is 1. The molecule has 0 bridgehead atoms. The van der Waals surface area contributed by atoms with Gasteiger partial charge in [0.1, 0.15) is 11.6 Å². The molecule has 0 fully saturated rings. The van der Waals surface area contributed by atoms with Crippen LogP contribution in [0, 0.1) is 6.92 Å². The van der Waals surface area contributed by atoms with Crippen molar-refractivity contribution >= 4 is 29.3 Å². The van der Waals surface area contributed by atoms with Gasteiger partial charge in [-0.05, 0) is 31.0 Å². The molecular weight excluding hydrogens is 310 g/mol. The minimum atomic E-state index is 0.00751. The zero-order valence-electron chi connectivity index (χ0n) is 13.2. The highest BCUT2D eigenvalue weighted by Crippen LogP contribution is 2.33. The Morgan fingerprint density at radius 2 is 2.22 bits per heavy atom. The Morgan fingerprint density at radius 1 is 1.39 bits per heavy atom. The molecule has 2 N–H and O–H groups in total. The lowest BCUT2D eigenvalue weighted by atomic mass is 10.2. The molecule has 23 heavy (non-hydrogen) atoms. The van der Waals surface area contributed by atoms with Crippen molar-refractivity contribution in [3.63, 3.8) is 0 Å². The van der Waals surface area contributed by atoms with Gasteiger partial charge in [-0.3, -0.25) is 14.7 Å². The van der Waals surface area contributed by atoms with Gasteiger partial charge < -0.3 is 5.73 Å². The molecule has 0 radical (unpaired) electrons. The maximum Gasteiger partial charge on any atom is 0.233 e. The van der Waals surface area contributed by atoms with Crippen molar-refractivity contribution in [2.75, 3.05) is 16.4 Å². The van der Waals surface area contributed by atoms with E-state index in [2.05, 4.69) is 21.9 Å². The Hall–Kier alpha value is -2.15. The molecule has 0 spiro atoms. The number of rotatable bonds is 5. The van der Waals surface area contributed by atoms with Gasteiger partial charge in [0.15, 0.2) is 5.16 Å². The number of aryl methyl sites for hydroxylation is 1.